The summed E-state index contributed by atoms with van der Waals surface area (Å²) in [6.07, 6.45) is 6.66. The second-order valence-electron chi connectivity index (χ2n) is 5.71. The van der Waals surface area contributed by atoms with Gasteiger partial charge >= 0.3 is 0 Å². The predicted octanol–water partition coefficient (Wildman–Crippen LogP) is 1.99. The average molecular weight is 266 g/mol. The average Bonchev–Trinajstić information content (AvgIpc) is 2.84. The molecule has 1 aliphatic rings. The highest BCUT2D eigenvalue weighted by atomic mass is 15.2. The van der Waals surface area contributed by atoms with E-state index in [4.69, 9.17) is 0 Å². The second kappa shape index (κ2) is 8.20. The fraction of sp³-hybridized carbons (Fsp3) is 0.800. The van der Waals surface area contributed by atoms with E-state index in [0.29, 0.717) is 18.1 Å². The summed E-state index contributed by atoms with van der Waals surface area (Å²) in [7, 11) is 1.83. The van der Waals surface area contributed by atoms with Gasteiger partial charge in [-0.1, -0.05) is 12.2 Å². The summed E-state index contributed by atoms with van der Waals surface area (Å²) >= 11 is 0. The molecule has 0 aromatic carbocycles. The molecule has 0 aromatic heterocycles. The standard InChI is InChI=1S/C15H30N4/c1-12(2)19(13(3)4)11-10-17-15(16-5)18-14-8-6-7-9-14/h6-7,12-14H,8-11H2,1-5H3,(H2,16,17,18). The molecule has 0 heterocycles. The van der Waals surface area contributed by atoms with Crippen molar-refractivity contribution in [2.45, 2.75) is 58.7 Å². The summed E-state index contributed by atoms with van der Waals surface area (Å²) in [5.74, 6) is 0.918. The Kier molecular flexibility index (Phi) is 6.92. The number of aliphatic imine (C=N–C) groups is 1. The Hall–Kier alpha value is -1.03. The molecule has 0 saturated carbocycles. The van der Waals surface area contributed by atoms with Crippen molar-refractivity contribution in [3.63, 3.8) is 0 Å². The van der Waals surface area contributed by atoms with Crippen LogP contribution >= 0.6 is 0 Å². The van der Waals surface area contributed by atoms with E-state index in [1.54, 1.807) is 0 Å². The van der Waals surface area contributed by atoms with Crippen molar-refractivity contribution >= 4 is 5.96 Å². The molecule has 4 heteroatoms. The molecule has 0 atom stereocenters. The third-order valence-corrected chi connectivity index (χ3v) is 3.56. The van der Waals surface area contributed by atoms with Crippen LogP contribution in [0.5, 0.6) is 0 Å². The molecule has 0 saturated heterocycles. The highest BCUT2D eigenvalue weighted by Crippen LogP contribution is 2.08. The van der Waals surface area contributed by atoms with Crippen LogP contribution in [0.1, 0.15) is 40.5 Å². The lowest BCUT2D eigenvalue weighted by atomic mass is 10.2. The lowest BCUT2D eigenvalue weighted by Crippen LogP contribution is -2.47. The van der Waals surface area contributed by atoms with E-state index in [0.717, 1.165) is 31.9 Å². The monoisotopic (exact) mass is 266 g/mol. The minimum Gasteiger partial charge on any atom is -0.355 e. The topological polar surface area (TPSA) is 39.7 Å². The van der Waals surface area contributed by atoms with E-state index in [2.05, 4.69) is 60.4 Å². The SMILES string of the molecule is CN=C(NCCN(C(C)C)C(C)C)NC1CC=CC1. The fourth-order valence-corrected chi connectivity index (χ4v) is 2.54. The van der Waals surface area contributed by atoms with E-state index in [1.165, 1.54) is 0 Å². The minimum absolute atomic E-state index is 0.512. The quantitative estimate of drug-likeness (QED) is 0.439. The Morgan fingerprint density at radius 1 is 1.21 bits per heavy atom. The lowest BCUT2D eigenvalue weighted by molar-refractivity contribution is 0.178. The Morgan fingerprint density at radius 3 is 2.26 bits per heavy atom. The van der Waals surface area contributed by atoms with Gasteiger partial charge in [-0.05, 0) is 40.5 Å². The fourth-order valence-electron chi connectivity index (χ4n) is 2.54. The first-order chi connectivity index (χ1) is 9.04. The maximum Gasteiger partial charge on any atom is 0.191 e. The van der Waals surface area contributed by atoms with Gasteiger partial charge in [-0.25, -0.2) is 0 Å². The zero-order chi connectivity index (χ0) is 14.3. The summed E-state index contributed by atoms with van der Waals surface area (Å²) in [6.45, 7) is 11.0. The van der Waals surface area contributed by atoms with Gasteiger partial charge < -0.3 is 10.6 Å². The van der Waals surface area contributed by atoms with Crippen LogP contribution in [0.3, 0.4) is 0 Å². The molecular weight excluding hydrogens is 236 g/mol. The molecule has 19 heavy (non-hydrogen) atoms. The lowest BCUT2D eigenvalue weighted by Gasteiger charge is -2.30. The van der Waals surface area contributed by atoms with Crippen molar-refractivity contribution in [3.8, 4) is 0 Å². The molecule has 1 aliphatic carbocycles. The van der Waals surface area contributed by atoms with E-state index in [-0.39, 0.29) is 0 Å². The van der Waals surface area contributed by atoms with E-state index >= 15 is 0 Å². The van der Waals surface area contributed by atoms with Crippen LogP contribution in [0.15, 0.2) is 17.1 Å². The molecule has 110 valence electrons. The van der Waals surface area contributed by atoms with Gasteiger partial charge in [-0.3, -0.25) is 9.89 Å². The second-order valence-corrected chi connectivity index (χ2v) is 5.71. The summed E-state index contributed by atoms with van der Waals surface area (Å²) in [5, 5.41) is 6.86. The maximum atomic E-state index is 4.29. The van der Waals surface area contributed by atoms with Gasteiger partial charge in [0.25, 0.3) is 0 Å². The molecular formula is C15H30N4. The van der Waals surface area contributed by atoms with Crippen LogP contribution in [0.4, 0.5) is 0 Å². The first-order valence-electron chi connectivity index (χ1n) is 7.42. The van der Waals surface area contributed by atoms with E-state index in [9.17, 15) is 0 Å². The molecule has 0 bridgehead atoms. The summed E-state index contributed by atoms with van der Waals surface area (Å²) in [5.41, 5.74) is 0. The smallest absolute Gasteiger partial charge is 0.191 e. The number of rotatable bonds is 6. The Bertz CT molecular complexity index is 291. The third-order valence-electron chi connectivity index (χ3n) is 3.56. The number of hydrogen-bond donors (Lipinski definition) is 2. The van der Waals surface area contributed by atoms with Crippen molar-refractivity contribution in [2.75, 3.05) is 20.1 Å². The van der Waals surface area contributed by atoms with Crippen LogP contribution in [-0.2, 0) is 0 Å². The first-order valence-corrected chi connectivity index (χ1v) is 7.42. The van der Waals surface area contributed by atoms with E-state index in [1.807, 2.05) is 7.05 Å². The Labute approximate surface area is 118 Å². The van der Waals surface area contributed by atoms with Gasteiger partial charge in [0.05, 0.1) is 0 Å². The van der Waals surface area contributed by atoms with Crippen molar-refractivity contribution in [1.82, 2.24) is 15.5 Å². The van der Waals surface area contributed by atoms with Gasteiger partial charge in [0, 0.05) is 38.3 Å². The van der Waals surface area contributed by atoms with Gasteiger partial charge in [0.2, 0.25) is 0 Å². The largest absolute Gasteiger partial charge is 0.355 e. The number of guanidine groups is 1. The minimum atomic E-state index is 0.512. The molecule has 0 aliphatic heterocycles. The van der Waals surface area contributed by atoms with Crippen LogP contribution in [0.2, 0.25) is 0 Å². The maximum absolute atomic E-state index is 4.29. The summed E-state index contributed by atoms with van der Waals surface area (Å²) in [4.78, 5) is 6.77. The van der Waals surface area contributed by atoms with Crippen molar-refractivity contribution in [2.24, 2.45) is 4.99 Å². The van der Waals surface area contributed by atoms with Crippen LogP contribution in [0, 0.1) is 0 Å². The molecule has 0 aromatic rings. The third kappa shape index (κ3) is 5.64. The van der Waals surface area contributed by atoms with Crippen molar-refractivity contribution in [1.29, 1.82) is 0 Å². The highest BCUT2D eigenvalue weighted by Gasteiger charge is 2.14. The Balaban J connectivity index is 2.29. The van der Waals surface area contributed by atoms with Gasteiger partial charge in [-0.15, -0.1) is 0 Å². The molecule has 0 radical (unpaired) electrons. The zero-order valence-corrected chi connectivity index (χ0v) is 13.1. The van der Waals surface area contributed by atoms with Gasteiger partial charge in [-0.2, -0.15) is 0 Å². The summed E-state index contributed by atoms with van der Waals surface area (Å²) in [6, 6.07) is 1.67. The molecule has 0 unspecified atom stereocenters. The number of hydrogen-bond acceptors (Lipinski definition) is 2. The summed E-state index contributed by atoms with van der Waals surface area (Å²) < 4.78 is 0. The van der Waals surface area contributed by atoms with Crippen LogP contribution in [0.25, 0.3) is 0 Å². The number of nitrogens with zero attached hydrogens (tertiary/aromatic N) is 2. The molecule has 0 amide bonds. The molecule has 4 nitrogen and oxygen atoms in total. The highest BCUT2D eigenvalue weighted by molar-refractivity contribution is 5.80. The van der Waals surface area contributed by atoms with E-state index < -0.39 is 0 Å². The van der Waals surface area contributed by atoms with Crippen molar-refractivity contribution < 1.29 is 0 Å². The number of nitrogens with one attached hydrogen (secondary N) is 2. The first kappa shape index (κ1) is 16.0. The van der Waals surface area contributed by atoms with Gasteiger partial charge in [0.15, 0.2) is 5.96 Å². The normalized spacial score (nSPS) is 16.9. The van der Waals surface area contributed by atoms with Gasteiger partial charge in [0.1, 0.15) is 0 Å². The van der Waals surface area contributed by atoms with Crippen molar-refractivity contribution in [3.05, 3.63) is 12.2 Å². The van der Waals surface area contributed by atoms with Crippen LogP contribution in [-0.4, -0.2) is 49.1 Å². The molecule has 0 spiro atoms. The molecule has 0 fully saturated rings. The Morgan fingerprint density at radius 2 is 1.79 bits per heavy atom. The van der Waals surface area contributed by atoms with Crippen LogP contribution < -0.4 is 10.6 Å². The zero-order valence-electron chi connectivity index (χ0n) is 13.1. The molecule has 2 N–H and O–H groups in total. The molecule has 1 rings (SSSR count). The predicted molar refractivity (Wildman–Crippen MR) is 83.6 cm³/mol.